The Labute approximate surface area is 135 Å². The summed E-state index contributed by atoms with van der Waals surface area (Å²) in [6.07, 6.45) is 1.64. The Morgan fingerprint density at radius 1 is 1.30 bits per heavy atom. The first-order chi connectivity index (χ1) is 11.0. The monoisotopic (exact) mass is 318 g/mol. The van der Waals surface area contributed by atoms with Crippen LogP contribution in [0.15, 0.2) is 30.3 Å². The normalized spacial score (nSPS) is 32.8. The van der Waals surface area contributed by atoms with Crippen molar-refractivity contribution in [3.05, 3.63) is 35.9 Å². The third-order valence-electron chi connectivity index (χ3n) is 4.82. The van der Waals surface area contributed by atoms with Crippen molar-refractivity contribution in [1.82, 2.24) is 0 Å². The van der Waals surface area contributed by atoms with Gasteiger partial charge in [0.2, 0.25) is 0 Å². The van der Waals surface area contributed by atoms with E-state index in [0.717, 1.165) is 12.0 Å². The summed E-state index contributed by atoms with van der Waals surface area (Å²) >= 11 is 0. The molecule has 0 aliphatic carbocycles. The van der Waals surface area contributed by atoms with Gasteiger partial charge in [0, 0.05) is 6.42 Å². The molecule has 0 saturated carbocycles. The number of ketones is 1. The van der Waals surface area contributed by atoms with E-state index in [4.69, 9.17) is 14.2 Å². The standard InChI is InChI=1S/C18H22O5/c1-17-8-9-18(23-17,15(14(19)10-17)16(20)21-2)12-22-11-13-6-4-3-5-7-13/h3-7,15H,8-12H2,1-2H3/t15?,17-,18-/m1/s1. The summed E-state index contributed by atoms with van der Waals surface area (Å²) in [6, 6.07) is 9.78. The topological polar surface area (TPSA) is 61.8 Å². The van der Waals surface area contributed by atoms with E-state index in [1.807, 2.05) is 37.3 Å². The fourth-order valence-electron chi connectivity index (χ4n) is 3.73. The molecule has 5 heteroatoms. The summed E-state index contributed by atoms with van der Waals surface area (Å²) in [5, 5.41) is 0. The number of ether oxygens (including phenoxy) is 3. The van der Waals surface area contributed by atoms with Gasteiger partial charge in [-0.1, -0.05) is 30.3 Å². The Morgan fingerprint density at radius 2 is 2.04 bits per heavy atom. The van der Waals surface area contributed by atoms with Crippen molar-refractivity contribution >= 4 is 11.8 Å². The van der Waals surface area contributed by atoms with Gasteiger partial charge in [0.25, 0.3) is 0 Å². The summed E-state index contributed by atoms with van der Waals surface area (Å²) in [5.41, 5.74) is -0.342. The molecule has 3 atom stereocenters. The minimum Gasteiger partial charge on any atom is -0.468 e. The third kappa shape index (κ3) is 3.03. The molecule has 2 heterocycles. The van der Waals surface area contributed by atoms with Crippen LogP contribution in [-0.4, -0.2) is 36.7 Å². The van der Waals surface area contributed by atoms with E-state index < -0.39 is 23.1 Å². The van der Waals surface area contributed by atoms with Gasteiger partial charge in [-0.2, -0.15) is 0 Å². The minimum absolute atomic E-state index is 0.105. The number of rotatable bonds is 5. The summed E-state index contributed by atoms with van der Waals surface area (Å²) in [7, 11) is 1.30. The zero-order valence-corrected chi connectivity index (χ0v) is 13.5. The Balaban J connectivity index is 1.75. The molecule has 1 aromatic carbocycles. The first-order valence-corrected chi connectivity index (χ1v) is 7.90. The second-order valence-electron chi connectivity index (χ2n) is 6.69. The highest BCUT2D eigenvalue weighted by Gasteiger charge is 2.61. The molecule has 0 spiro atoms. The molecule has 0 amide bonds. The number of Topliss-reactive ketones (excluding diaryl/α,β-unsaturated/α-hetero) is 1. The fourth-order valence-corrected chi connectivity index (χ4v) is 3.73. The van der Waals surface area contributed by atoms with Gasteiger partial charge in [0.15, 0.2) is 5.78 Å². The molecule has 1 unspecified atom stereocenters. The molecule has 2 fully saturated rings. The maximum absolute atomic E-state index is 12.5. The zero-order chi connectivity index (χ0) is 16.5. The molecular formula is C18H22O5. The lowest BCUT2D eigenvalue weighted by atomic mass is 9.81. The van der Waals surface area contributed by atoms with Crippen LogP contribution < -0.4 is 0 Å². The molecule has 23 heavy (non-hydrogen) atoms. The van der Waals surface area contributed by atoms with E-state index >= 15 is 0 Å². The average molecular weight is 318 g/mol. The van der Waals surface area contributed by atoms with E-state index in [-0.39, 0.29) is 18.8 Å². The lowest BCUT2D eigenvalue weighted by molar-refractivity contribution is -0.200. The summed E-state index contributed by atoms with van der Waals surface area (Å²) < 4.78 is 16.8. The van der Waals surface area contributed by atoms with Gasteiger partial charge in [-0.3, -0.25) is 9.59 Å². The van der Waals surface area contributed by atoms with E-state index in [1.54, 1.807) is 0 Å². The van der Waals surface area contributed by atoms with Crippen molar-refractivity contribution in [2.45, 2.75) is 44.0 Å². The maximum Gasteiger partial charge on any atom is 0.319 e. The molecule has 2 aliphatic rings. The molecule has 2 aliphatic heterocycles. The summed E-state index contributed by atoms with van der Waals surface area (Å²) in [5.74, 6) is -1.52. The van der Waals surface area contributed by atoms with Crippen LogP contribution in [0.1, 0.15) is 31.7 Å². The third-order valence-corrected chi connectivity index (χ3v) is 4.82. The van der Waals surface area contributed by atoms with Crippen molar-refractivity contribution in [1.29, 1.82) is 0 Å². The van der Waals surface area contributed by atoms with E-state index in [9.17, 15) is 9.59 Å². The highest BCUT2D eigenvalue weighted by molar-refractivity contribution is 6.01. The molecule has 124 valence electrons. The van der Waals surface area contributed by atoms with Crippen LogP contribution in [-0.2, 0) is 30.4 Å². The van der Waals surface area contributed by atoms with Crippen LogP contribution in [0.2, 0.25) is 0 Å². The number of hydrogen-bond acceptors (Lipinski definition) is 5. The number of fused-ring (bicyclic) bond motifs is 2. The molecule has 5 nitrogen and oxygen atoms in total. The van der Waals surface area contributed by atoms with Gasteiger partial charge in [0.05, 0.1) is 25.9 Å². The first kappa shape index (κ1) is 16.1. The van der Waals surface area contributed by atoms with Gasteiger partial charge in [-0.15, -0.1) is 0 Å². The molecule has 0 radical (unpaired) electrons. The fraction of sp³-hybridized carbons (Fsp3) is 0.556. The Morgan fingerprint density at radius 3 is 2.74 bits per heavy atom. The van der Waals surface area contributed by atoms with E-state index in [0.29, 0.717) is 13.0 Å². The molecule has 0 aromatic heterocycles. The minimum atomic E-state index is -0.897. The largest absolute Gasteiger partial charge is 0.468 e. The number of carbonyl (C=O) groups excluding carboxylic acids is 2. The Hall–Kier alpha value is -1.72. The smallest absolute Gasteiger partial charge is 0.319 e. The van der Waals surface area contributed by atoms with E-state index in [1.165, 1.54) is 7.11 Å². The molecule has 0 N–H and O–H groups in total. The number of methoxy groups -OCH3 is 1. The first-order valence-electron chi connectivity index (χ1n) is 7.90. The molecule has 3 rings (SSSR count). The summed E-state index contributed by atoms with van der Waals surface area (Å²) in [4.78, 5) is 24.6. The second-order valence-corrected chi connectivity index (χ2v) is 6.69. The summed E-state index contributed by atoms with van der Waals surface area (Å²) in [6.45, 7) is 2.56. The molecule has 2 saturated heterocycles. The quantitative estimate of drug-likeness (QED) is 0.615. The lowest BCUT2D eigenvalue weighted by Gasteiger charge is -2.41. The number of hydrogen-bond donors (Lipinski definition) is 0. The van der Waals surface area contributed by atoms with Gasteiger partial charge in [-0.05, 0) is 25.3 Å². The molecule has 2 bridgehead atoms. The van der Waals surface area contributed by atoms with Gasteiger partial charge >= 0.3 is 5.97 Å². The SMILES string of the molecule is COC(=O)C1C(=O)C[C@@]2(C)CC[C@]1(COCc1ccccc1)O2. The van der Waals surface area contributed by atoms with Crippen LogP contribution in [0.5, 0.6) is 0 Å². The predicted octanol–water partition coefficient (Wildman–Crippen LogP) is 2.27. The van der Waals surface area contributed by atoms with Gasteiger partial charge < -0.3 is 14.2 Å². The van der Waals surface area contributed by atoms with Crippen molar-refractivity contribution in [3.63, 3.8) is 0 Å². The van der Waals surface area contributed by atoms with Crippen LogP contribution in [0.4, 0.5) is 0 Å². The van der Waals surface area contributed by atoms with Gasteiger partial charge in [0.1, 0.15) is 11.5 Å². The lowest BCUT2D eigenvalue weighted by Crippen LogP contribution is -2.56. The maximum atomic E-state index is 12.5. The number of esters is 1. The second kappa shape index (κ2) is 6.06. The van der Waals surface area contributed by atoms with Crippen LogP contribution in [0.25, 0.3) is 0 Å². The highest BCUT2D eigenvalue weighted by atomic mass is 16.6. The molecule has 1 aromatic rings. The van der Waals surface area contributed by atoms with Crippen molar-refractivity contribution in [2.24, 2.45) is 5.92 Å². The number of carbonyl (C=O) groups is 2. The average Bonchev–Trinajstić information content (AvgIpc) is 2.80. The van der Waals surface area contributed by atoms with Crippen molar-refractivity contribution in [2.75, 3.05) is 13.7 Å². The van der Waals surface area contributed by atoms with Crippen molar-refractivity contribution < 1.29 is 23.8 Å². The van der Waals surface area contributed by atoms with Crippen LogP contribution >= 0.6 is 0 Å². The Kier molecular flexibility index (Phi) is 4.25. The highest BCUT2D eigenvalue weighted by Crippen LogP contribution is 2.50. The number of benzene rings is 1. The van der Waals surface area contributed by atoms with Crippen molar-refractivity contribution in [3.8, 4) is 0 Å². The van der Waals surface area contributed by atoms with Crippen LogP contribution in [0.3, 0.4) is 0 Å². The van der Waals surface area contributed by atoms with E-state index in [2.05, 4.69) is 0 Å². The van der Waals surface area contributed by atoms with Crippen LogP contribution in [0, 0.1) is 5.92 Å². The zero-order valence-electron chi connectivity index (χ0n) is 13.5. The Bertz CT molecular complexity index is 599. The molecular weight excluding hydrogens is 296 g/mol. The van der Waals surface area contributed by atoms with Gasteiger partial charge in [-0.25, -0.2) is 0 Å². The predicted molar refractivity (Wildman–Crippen MR) is 82.7 cm³/mol.